The Balaban J connectivity index is 2.03. The molecule has 2 aromatic rings. The van der Waals surface area contributed by atoms with Crippen LogP contribution in [0.25, 0.3) is 10.8 Å². The first kappa shape index (κ1) is 10.7. The number of aliphatic hydroxyl groups is 1. The van der Waals surface area contributed by atoms with Crippen molar-refractivity contribution in [3.8, 4) is 0 Å². The molecule has 1 aliphatic rings. The molecule has 3 rings (SSSR count). The van der Waals surface area contributed by atoms with Crippen LogP contribution >= 0.6 is 0 Å². The summed E-state index contributed by atoms with van der Waals surface area (Å²) in [5.74, 6) is 1.03. The van der Waals surface area contributed by atoms with Crippen LogP contribution in [-0.2, 0) is 0 Å². The summed E-state index contributed by atoms with van der Waals surface area (Å²) in [7, 11) is 0. The highest BCUT2D eigenvalue weighted by atomic mass is 16.3. The van der Waals surface area contributed by atoms with E-state index in [1.165, 1.54) is 12.8 Å². The molecule has 1 aromatic heterocycles. The van der Waals surface area contributed by atoms with E-state index in [2.05, 4.69) is 18.0 Å². The first-order valence-electron chi connectivity index (χ1n) is 6.28. The van der Waals surface area contributed by atoms with Gasteiger partial charge in [0, 0.05) is 23.3 Å². The van der Waals surface area contributed by atoms with Crippen LogP contribution in [-0.4, -0.2) is 10.1 Å². The summed E-state index contributed by atoms with van der Waals surface area (Å²) in [5, 5.41) is 12.7. The van der Waals surface area contributed by atoms with Crippen molar-refractivity contribution < 1.29 is 5.11 Å². The van der Waals surface area contributed by atoms with Gasteiger partial charge in [-0.3, -0.25) is 4.98 Å². The van der Waals surface area contributed by atoms with E-state index < -0.39 is 0 Å². The topological polar surface area (TPSA) is 33.1 Å². The number of benzene rings is 1. The van der Waals surface area contributed by atoms with Crippen molar-refractivity contribution in [2.24, 2.45) is 11.8 Å². The quantitative estimate of drug-likeness (QED) is 0.872. The number of pyridine rings is 1. The van der Waals surface area contributed by atoms with Gasteiger partial charge in [-0.1, -0.05) is 31.2 Å². The van der Waals surface area contributed by atoms with E-state index in [1.807, 2.05) is 30.6 Å². The summed E-state index contributed by atoms with van der Waals surface area (Å²) in [4.78, 5) is 4.24. The maximum Gasteiger partial charge on any atom is 0.0839 e. The monoisotopic (exact) mass is 227 g/mol. The highest BCUT2D eigenvalue weighted by molar-refractivity contribution is 5.84. The number of aliphatic hydroxyl groups excluding tert-OH is 1. The summed E-state index contributed by atoms with van der Waals surface area (Å²) >= 11 is 0. The Morgan fingerprint density at radius 2 is 2.00 bits per heavy atom. The fourth-order valence-corrected chi connectivity index (χ4v) is 2.54. The minimum atomic E-state index is -0.388. The van der Waals surface area contributed by atoms with Crippen molar-refractivity contribution in [2.45, 2.75) is 25.9 Å². The highest BCUT2D eigenvalue weighted by Gasteiger charge is 2.33. The molecule has 0 aliphatic heterocycles. The van der Waals surface area contributed by atoms with Crippen molar-refractivity contribution in [1.29, 1.82) is 0 Å². The third kappa shape index (κ3) is 1.93. The molecule has 1 fully saturated rings. The van der Waals surface area contributed by atoms with E-state index in [0.717, 1.165) is 16.3 Å². The van der Waals surface area contributed by atoms with E-state index >= 15 is 0 Å². The molecule has 0 amide bonds. The first-order valence-corrected chi connectivity index (χ1v) is 6.28. The van der Waals surface area contributed by atoms with E-state index in [9.17, 15) is 5.11 Å². The first-order chi connectivity index (χ1) is 8.27. The van der Waals surface area contributed by atoms with Crippen molar-refractivity contribution in [2.75, 3.05) is 0 Å². The van der Waals surface area contributed by atoms with Crippen molar-refractivity contribution in [3.05, 3.63) is 42.2 Å². The zero-order valence-electron chi connectivity index (χ0n) is 10.0. The van der Waals surface area contributed by atoms with Gasteiger partial charge >= 0.3 is 0 Å². The van der Waals surface area contributed by atoms with Crippen molar-refractivity contribution >= 4 is 10.8 Å². The standard InChI is InChI=1S/C15H17NO/c1-10(11-6-7-11)15(17)14-9-16-8-12-4-2-3-5-13(12)14/h2-5,8-11,15,17H,6-7H2,1H3. The Hall–Kier alpha value is -1.41. The normalized spacial score (nSPS) is 19.2. The molecule has 2 atom stereocenters. The fraction of sp³-hybridized carbons (Fsp3) is 0.400. The van der Waals surface area contributed by atoms with Gasteiger partial charge in [0.2, 0.25) is 0 Å². The zero-order chi connectivity index (χ0) is 11.8. The van der Waals surface area contributed by atoms with Gasteiger partial charge in [-0.05, 0) is 30.1 Å². The zero-order valence-corrected chi connectivity index (χ0v) is 10.0. The summed E-state index contributed by atoms with van der Waals surface area (Å²) < 4.78 is 0. The summed E-state index contributed by atoms with van der Waals surface area (Å²) in [6.45, 7) is 2.14. The molecule has 1 aliphatic carbocycles. The van der Waals surface area contributed by atoms with Gasteiger partial charge in [0.25, 0.3) is 0 Å². The van der Waals surface area contributed by atoms with E-state index in [0.29, 0.717) is 11.8 Å². The molecule has 17 heavy (non-hydrogen) atoms. The highest BCUT2D eigenvalue weighted by Crippen LogP contribution is 2.43. The summed E-state index contributed by atoms with van der Waals surface area (Å²) in [6, 6.07) is 8.13. The third-order valence-corrected chi connectivity index (χ3v) is 3.88. The Labute approximate surface area is 101 Å². The van der Waals surface area contributed by atoms with Crippen molar-refractivity contribution in [1.82, 2.24) is 4.98 Å². The summed E-state index contributed by atoms with van der Waals surface area (Å²) in [6.07, 6.45) is 5.80. The lowest BCUT2D eigenvalue weighted by molar-refractivity contribution is 0.107. The van der Waals surface area contributed by atoms with Gasteiger partial charge in [-0.25, -0.2) is 0 Å². The van der Waals surface area contributed by atoms with E-state index in [1.54, 1.807) is 0 Å². The molecule has 2 heteroatoms. The molecule has 0 spiro atoms. The van der Waals surface area contributed by atoms with Crippen LogP contribution < -0.4 is 0 Å². The molecule has 0 radical (unpaired) electrons. The van der Waals surface area contributed by atoms with Gasteiger partial charge in [0.15, 0.2) is 0 Å². The molecule has 1 aromatic carbocycles. The maximum atomic E-state index is 10.5. The molecule has 88 valence electrons. The number of nitrogens with zero attached hydrogens (tertiary/aromatic N) is 1. The van der Waals surface area contributed by atoms with Crippen LogP contribution in [0.2, 0.25) is 0 Å². The second-order valence-electron chi connectivity index (χ2n) is 5.09. The number of rotatable bonds is 3. The second-order valence-corrected chi connectivity index (χ2v) is 5.09. The Bertz CT molecular complexity index is 528. The second kappa shape index (κ2) is 4.11. The number of fused-ring (bicyclic) bond motifs is 1. The molecule has 0 bridgehead atoms. The van der Waals surface area contributed by atoms with Gasteiger partial charge in [-0.2, -0.15) is 0 Å². The number of hydrogen-bond acceptors (Lipinski definition) is 2. The molecule has 1 heterocycles. The average molecular weight is 227 g/mol. The Morgan fingerprint density at radius 3 is 2.76 bits per heavy atom. The van der Waals surface area contributed by atoms with Crippen LogP contribution in [0.3, 0.4) is 0 Å². The smallest absolute Gasteiger partial charge is 0.0839 e. The molecule has 2 nitrogen and oxygen atoms in total. The minimum absolute atomic E-state index is 0.336. The Morgan fingerprint density at radius 1 is 1.24 bits per heavy atom. The molecular weight excluding hydrogens is 210 g/mol. The number of hydrogen-bond donors (Lipinski definition) is 1. The maximum absolute atomic E-state index is 10.5. The van der Waals surface area contributed by atoms with Crippen LogP contribution in [0.1, 0.15) is 31.4 Å². The molecule has 2 unspecified atom stereocenters. The Kier molecular flexibility index (Phi) is 2.60. The van der Waals surface area contributed by atoms with Crippen LogP contribution in [0, 0.1) is 11.8 Å². The lowest BCUT2D eigenvalue weighted by Gasteiger charge is -2.19. The molecule has 1 saturated carbocycles. The fourth-order valence-electron chi connectivity index (χ4n) is 2.54. The molecular formula is C15H17NO. The molecule has 0 saturated heterocycles. The average Bonchev–Trinajstić information content (AvgIpc) is 3.20. The van der Waals surface area contributed by atoms with Crippen LogP contribution in [0.15, 0.2) is 36.7 Å². The summed E-state index contributed by atoms with van der Waals surface area (Å²) in [5.41, 5.74) is 0.975. The van der Waals surface area contributed by atoms with Crippen molar-refractivity contribution in [3.63, 3.8) is 0 Å². The number of aromatic nitrogens is 1. The van der Waals surface area contributed by atoms with E-state index in [-0.39, 0.29) is 6.10 Å². The van der Waals surface area contributed by atoms with Gasteiger partial charge < -0.3 is 5.11 Å². The van der Waals surface area contributed by atoms with Crippen LogP contribution in [0.5, 0.6) is 0 Å². The van der Waals surface area contributed by atoms with E-state index in [4.69, 9.17) is 0 Å². The van der Waals surface area contributed by atoms with Gasteiger partial charge in [0.05, 0.1) is 6.10 Å². The van der Waals surface area contributed by atoms with Crippen LogP contribution in [0.4, 0.5) is 0 Å². The lowest BCUT2D eigenvalue weighted by atomic mass is 9.91. The largest absolute Gasteiger partial charge is 0.388 e. The lowest BCUT2D eigenvalue weighted by Crippen LogP contribution is -2.11. The van der Waals surface area contributed by atoms with Gasteiger partial charge in [-0.15, -0.1) is 0 Å². The minimum Gasteiger partial charge on any atom is -0.388 e. The predicted octanol–water partition coefficient (Wildman–Crippen LogP) is 3.31. The van der Waals surface area contributed by atoms with Gasteiger partial charge in [0.1, 0.15) is 0 Å². The third-order valence-electron chi connectivity index (χ3n) is 3.88. The predicted molar refractivity (Wildman–Crippen MR) is 68.6 cm³/mol. The molecule has 1 N–H and O–H groups in total. The SMILES string of the molecule is CC(C1CC1)C(O)c1cncc2ccccc12.